The fourth-order valence-corrected chi connectivity index (χ4v) is 2.78. The molecule has 0 saturated carbocycles. The summed E-state index contributed by atoms with van der Waals surface area (Å²) in [6.07, 6.45) is 2.08. The minimum absolute atomic E-state index is 0.00709. The minimum atomic E-state index is -0.232. The maximum atomic E-state index is 9.50. The number of rotatable bonds is 4. The first-order chi connectivity index (χ1) is 5.99. The van der Waals surface area contributed by atoms with Gasteiger partial charge in [-0.15, -0.1) is 0 Å². The van der Waals surface area contributed by atoms with Crippen molar-refractivity contribution in [3.05, 3.63) is 21.2 Å². The molecule has 0 rings (SSSR count). The van der Waals surface area contributed by atoms with E-state index in [-0.39, 0.29) is 20.5 Å². The van der Waals surface area contributed by atoms with Crippen molar-refractivity contribution in [2.75, 3.05) is 11.5 Å². The fourth-order valence-electron chi connectivity index (χ4n) is 0.710. The molecule has 0 saturated heterocycles. The van der Waals surface area contributed by atoms with Crippen molar-refractivity contribution in [2.45, 2.75) is 20.8 Å². The van der Waals surface area contributed by atoms with E-state index in [1.807, 2.05) is 20.8 Å². The van der Waals surface area contributed by atoms with Crippen molar-refractivity contribution in [3.8, 4) is 0 Å². The van der Waals surface area contributed by atoms with Crippen LogP contribution in [-0.2, 0) is 10.9 Å². The molecule has 1 nitrogen and oxygen atoms in total. The third-order valence-corrected chi connectivity index (χ3v) is 4.08. The molecular weight excluding hydrogens is 227 g/mol. The smallest absolute Gasteiger partial charge is 0.336 e. The lowest BCUT2D eigenvalue weighted by molar-refractivity contribution is 0.454. The highest BCUT2D eigenvalue weighted by molar-refractivity contribution is 8.00. The van der Waals surface area contributed by atoms with Crippen molar-refractivity contribution in [2.24, 2.45) is 0 Å². The fraction of sp³-hybridized carbons (Fsp3) is 0.556. The number of halogens is 2. The van der Waals surface area contributed by atoms with Crippen LogP contribution < -0.4 is 0 Å². The molecular formula is C9H15Cl2OS+. The third-order valence-electron chi connectivity index (χ3n) is 1.48. The van der Waals surface area contributed by atoms with Crippen molar-refractivity contribution < 1.29 is 5.11 Å². The van der Waals surface area contributed by atoms with Crippen LogP contribution in [0.3, 0.4) is 0 Å². The highest BCUT2D eigenvalue weighted by atomic mass is 35.5. The minimum Gasteiger partial charge on any atom is -0.470 e. The van der Waals surface area contributed by atoms with Gasteiger partial charge in [0.15, 0.2) is 4.49 Å². The van der Waals surface area contributed by atoms with E-state index in [1.54, 1.807) is 0 Å². The molecule has 0 aliphatic heterocycles. The van der Waals surface area contributed by atoms with Gasteiger partial charge >= 0.3 is 5.09 Å². The summed E-state index contributed by atoms with van der Waals surface area (Å²) in [4.78, 5) is 0. The molecule has 0 aromatic rings. The van der Waals surface area contributed by atoms with Crippen molar-refractivity contribution in [1.82, 2.24) is 0 Å². The van der Waals surface area contributed by atoms with E-state index in [4.69, 9.17) is 23.2 Å². The normalized spacial score (nSPS) is 12.1. The van der Waals surface area contributed by atoms with Gasteiger partial charge in [0.2, 0.25) is 0 Å². The number of allylic oxidation sites excluding steroid dienone is 1. The molecule has 0 heterocycles. The number of aliphatic hydroxyl groups is 1. The first-order valence-electron chi connectivity index (χ1n) is 4.04. The predicted octanol–water partition coefficient (Wildman–Crippen LogP) is 3.75. The monoisotopic (exact) mass is 241 g/mol. The molecule has 76 valence electrons. The standard InChI is InChI=1S/C9H14Cl2OS/c1-4-13(6-5-7(2)3)9(12)8(10)11/h5H,4,6H2,1-3H3/p+1. The SMILES string of the molecule is CC[S+](CC=C(C)C)C(O)=C(Cl)Cl. The summed E-state index contributed by atoms with van der Waals surface area (Å²) in [6.45, 7) is 6.06. The summed E-state index contributed by atoms with van der Waals surface area (Å²) in [5.74, 6) is 1.67. The Balaban J connectivity index is 4.37. The van der Waals surface area contributed by atoms with Gasteiger partial charge in [-0.2, -0.15) is 0 Å². The first-order valence-corrected chi connectivity index (χ1v) is 6.36. The average molecular weight is 242 g/mol. The Kier molecular flexibility index (Phi) is 6.74. The maximum Gasteiger partial charge on any atom is 0.336 e. The van der Waals surface area contributed by atoms with Crippen LogP contribution in [0.15, 0.2) is 21.2 Å². The number of aliphatic hydroxyl groups excluding tert-OH is 1. The Labute approximate surface area is 92.8 Å². The van der Waals surface area contributed by atoms with E-state index < -0.39 is 0 Å². The lowest BCUT2D eigenvalue weighted by Crippen LogP contribution is -2.11. The Hall–Kier alpha value is 0.210. The van der Waals surface area contributed by atoms with Gasteiger partial charge in [-0.1, -0.05) is 28.8 Å². The lowest BCUT2D eigenvalue weighted by atomic mass is 10.3. The van der Waals surface area contributed by atoms with E-state index in [0.29, 0.717) is 0 Å². The molecule has 0 bridgehead atoms. The second-order valence-corrected chi connectivity index (χ2v) is 6.03. The lowest BCUT2D eigenvalue weighted by Gasteiger charge is -2.01. The van der Waals surface area contributed by atoms with Crippen molar-refractivity contribution in [1.29, 1.82) is 0 Å². The second kappa shape index (κ2) is 6.63. The van der Waals surface area contributed by atoms with Crippen LogP contribution in [0.5, 0.6) is 0 Å². The molecule has 0 radical (unpaired) electrons. The van der Waals surface area contributed by atoms with Gasteiger partial charge in [-0.05, 0) is 26.8 Å². The topological polar surface area (TPSA) is 20.2 Å². The number of hydrogen-bond donors (Lipinski definition) is 1. The molecule has 0 spiro atoms. The zero-order valence-electron chi connectivity index (χ0n) is 8.10. The maximum absolute atomic E-state index is 9.50. The van der Waals surface area contributed by atoms with Crippen LogP contribution in [-0.4, -0.2) is 16.6 Å². The van der Waals surface area contributed by atoms with Crippen LogP contribution in [0.25, 0.3) is 0 Å². The molecule has 1 atom stereocenters. The molecule has 0 aliphatic carbocycles. The summed E-state index contributed by atoms with van der Waals surface area (Å²) < 4.78 is -0.00709. The molecule has 0 fully saturated rings. The second-order valence-electron chi connectivity index (χ2n) is 2.80. The molecule has 0 aromatic carbocycles. The highest BCUT2D eigenvalue weighted by Crippen LogP contribution is 2.19. The quantitative estimate of drug-likeness (QED) is 0.452. The van der Waals surface area contributed by atoms with E-state index in [0.717, 1.165) is 11.5 Å². The van der Waals surface area contributed by atoms with E-state index >= 15 is 0 Å². The van der Waals surface area contributed by atoms with E-state index in [9.17, 15) is 5.11 Å². The summed E-state index contributed by atoms with van der Waals surface area (Å²) in [6, 6.07) is 0. The van der Waals surface area contributed by atoms with Crippen molar-refractivity contribution >= 4 is 34.1 Å². The summed E-state index contributed by atoms with van der Waals surface area (Å²) in [7, 11) is -0.232. The van der Waals surface area contributed by atoms with Crippen molar-refractivity contribution in [3.63, 3.8) is 0 Å². The molecule has 1 unspecified atom stereocenters. The van der Waals surface area contributed by atoms with E-state index in [2.05, 4.69) is 6.08 Å². The van der Waals surface area contributed by atoms with Crippen LogP contribution in [0.4, 0.5) is 0 Å². The Morgan fingerprint density at radius 2 is 1.92 bits per heavy atom. The van der Waals surface area contributed by atoms with Crippen LogP contribution in [0.1, 0.15) is 20.8 Å². The van der Waals surface area contributed by atoms with Gasteiger partial charge in [-0.25, -0.2) is 0 Å². The Morgan fingerprint density at radius 3 is 2.23 bits per heavy atom. The summed E-state index contributed by atoms with van der Waals surface area (Å²) in [5.41, 5.74) is 1.24. The Morgan fingerprint density at radius 1 is 1.38 bits per heavy atom. The van der Waals surface area contributed by atoms with Crippen LogP contribution >= 0.6 is 23.2 Å². The van der Waals surface area contributed by atoms with Gasteiger partial charge in [0.05, 0.1) is 10.9 Å². The first kappa shape index (κ1) is 13.2. The average Bonchev–Trinajstić information content (AvgIpc) is 2.04. The zero-order chi connectivity index (χ0) is 10.4. The van der Waals surface area contributed by atoms with Gasteiger partial charge in [-0.3, -0.25) is 0 Å². The third kappa shape index (κ3) is 5.50. The Bertz CT molecular complexity index is 216. The van der Waals surface area contributed by atoms with Crippen LogP contribution in [0.2, 0.25) is 0 Å². The van der Waals surface area contributed by atoms with Gasteiger partial charge < -0.3 is 5.11 Å². The van der Waals surface area contributed by atoms with Gasteiger partial charge in [0, 0.05) is 0 Å². The zero-order valence-corrected chi connectivity index (χ0v) is 10.4. The highest BCUT2D eigenvalue weighted by Gasteiger charge is 2.23. The van der Waals surface area contributed by atoms with Gasteiger partial charge in [0.25, 0.3) is 0 Å². The molecule has 13 heavy (non-hydrogen) atoms. The summed E-state index contributed by atoms with van der Waals surface area (Å²) in [5, 5.41) is 9.63. The van der Waals surface area contributed by atoms with Gasteiger partial charge in [0.1, 0.15) is 11.5 Å². The molecule has 4 heteroatoms. The molecule has 1 N–H and O–H groups in total. The largest absolute Gasteiger partial charge is 0.470 e. The molecule has 0 amide bonds. The molecule has 0 aliphatic rings. The summed E-state index contributed by atoms with van der Waals surface area (Å²) >= 11 is 11.0. The van der Waals surface area contributed by atoms with E-state index in [1.165, 1.54) is 5.57 Å². The molecule has 0 aromatic heterocycles. The van der Waals surface area contributed by atoms with Crippen LogP contribution in [0, 0.1) is 0 Å². The predicted molar refractivity (Wildman–Crippen MR) is 63.6 cm³/mol. The number of hydrogen-bond acceptors (Lipinski definition) is 1.